The largest absolute Gasteiger partial charge is 0.295 e. The molecule has 0 bridgehead atoms. The average molecular weight is 443 g/mol. The van der Waals surface area contributed by atoms with E-state index >= 15 is 0 Å². The standard InChI is InChI=1S/C30H50O2/c31-29-25-21-17-13-9-7-5-3-1-2-4-6-8-10-14-18-22-26-30(32)28-24-20-16-12-11-15-19-23-27-29/h1-2,21-22,25-26H,3-20,23-24,27-28H2/b2-1+,25-21+,26-22+. The van der Waals surface area contributed by atoms with Crippen molar-refractivity contribution in [3.05, 3.63) is 36.5 Å². The lowest BCUT2D eigenvalue weighted by Gasteiger charge is -2.02. The fourth-order valence-electron chi connectivity index (χ4n) is 4.25. The molecule has 1 aliphatic rings. The summed E-state index contributed by atoms with van der Waals surface area (Å²) in [5, 5.41) is 0. The van der Waals surface area contributed by atoms with E-state index in [2.05, 4.69) is 24.3 Å². The maximum absolute atomic E-state index is 11.9. The predicted octanol–water partition coefficient (Wildman–Crippen LogP) is 9.39. The van der Waals surface area contributed by atoms with Gasteiger partial charge in [-0.2, -0.15) is 0 Å². The van der Waals surface area contributed by atoms with Crippen molar-refractivity contribution < 1.29 is 9.59 Å². The van der Waals surface area contributed by atoms with Crippen LogP contribution in [0.15, 0.2) is 36.5 Å². The van der Waals surface area contributed by atoms with E-state index < -0.39 is 0 Å². The van der Waals surface area contributed by atoms with E-state index in [1.807, 2.05) is 12.2 Å². The number of hydrogen-bond acceptors (Lipinski definition) is 2. The third-order valence-corrected chi connectivity index (χ3v) is 6.35. The number of carbonyl (C=O) groups is 2. The molecule has 0 saturated carbocycles. The highest BCUT2D eigenvalue weighted by atomic mass is 16.1. The molecule has 0 heterocycles. The van der Waals surface area contributed by atoms with Crippen LogP contribution in [0.4, 0.5) is 0 Å². The molecule has 182 valence electrons. The molecule has 0 fully saturated rings. The molecule has 0 amide bonds. The van der Waals surface area contributed by atoms with Gasteiger partial charge in [-0.15, -0.1) is 0 Å². The summed E-state index contributed by atoms with van der Waals surface area (Å²) in [4.78, 5) is 23.9. The van der Waals surface area contributed by atoms with Crippen molar-refractivity contribution in [1.82, 2.24) is 0 Å². The molecule has 0 N–H and O–H groups in total. The van der Waals surface area contributed by atoms with Gasteiger partial charge in [0.2, 0.25) is 0 Å². The van der Waals surface area contributed by atoms with Crippen molar-refractivity contribution >= 4 is 11.6 Å². The van der Waals surface area contributed by atoms with Gasteiger partial charge in [0.1, 0.15) is 0 Å². The van der Waals surface area contributed by atoms with Gasteiger partial charge < -0.3 is 0 Å². The lowest BCUT2D eigenvalue weighted by Crippen LogP contribution is -1.93. The van der Waals surface area contributed by atoms with Gasteiger partial charge >= 0.3 is 0 Å². The molecule has 2 nitrogen and oxygen atoms in total. The van der Waals surface area contributed by atoms with Crippen LogP contribution in [0.25, 0.3) is 0 Å². The summed E-state index contributed by atoms with van der Waals surface area (Å²) in [6.45, 7) is 0. The van der Waals surface area contributed by atoms with Crippen LogP contribution in [0.2, 0.25) is 0 Å². The number of ketones is 2. The highest BCUT2D eigenvalue weighted by molar-refractivity contribution is 5.89. The molecular weight excluding hydrogens is 392 g/mol. The fraction of sp³-hybridized carbons (Fsp3) is 0.733. The van der Waals surface area contributed by atoms with E-state index in [9.17, 15) is 9.59 Å². The van der Waals surface area contributed by atoms with Gasteiger partial charge in [0.15, 0.2) is 11.6 Å². The Balaban J connectivity index is 2.24. The van der Waals surface area contributed by atoms with Gasteiger partial charge in [0, 0.05) is 12.8 Å². The molecule has 0 saturated heterocycles. The zero-order valence-corrected chi connectivity index (χ0v) is 20.8. The van der Waals surface area contributed by atoms with E-state index in [4.69, 9.17) is 0 Å². The summed E-state index contributed by atoms with van der Waals surface area (Å²) in [7, 11) is 0. The molecule has 2 heteroatoms. The Morgan fingerprint density at radius 1 is 0.344 bits per heavy atom. The fourth-order valence-corrected chi connectivity index (χ4v) is 4.25. The molecule has 0 aromatic heterocycles. The van der Waals surface area contributed by atoms with Crippen LogP contribution in [0.5, 0.6) is 0 Å². The first-order valence-corrected chi connectivity index (χ1v) is 13.8. The van der Waals surface area contributed by atoms with Crippen LogP contribution < -0.4 is 0 Å². The molecule has 0 spiro atoms. The van der Waals surface area contributed by atoms with Gasteiger partial charge in [-0.25, -0.2) is 0 Å². The summed E-state index contributed by atoms with van der Waals surface area (Å²) in [6, 6.07) is 0. The number of allylic oxidation sites excluding steroid dienone is 6. The van der Waals surface area contributed by atoms with E-state index in [0.717, 1.165) is 38.5 Å². The first kappa shape index (κ1) is 28.6. The molecule has 0 aromatic carbocycles. The molecule has 0 aliphatic heterocycles. The van der Waals surface area contributed by atoms with E-state index in [1.54, 1.807) is 0 Å². The second-order valence-electron chi connectivity index (χ2n) is 9.52. The van der Waals surface area contributed by atoms with E-state index in [0.29, 0.717) is 24.4 Å². The minimum atomic E-state index is 0.300. The first-order valence-electron chi connectivity index (χ1n) is 13.8. The van der Waals surface area contributed by atoms with Crippen molar-refractivity contribution in [2.45, 2.75) is 141 Å². The van der Waals surface area contributed by atoms with Gasteiger partial charge in [-0.05, 0) is 76.4 Å². The van der Waals surface area contributed by atoms with E-state index in [1.165, 1.54) is 89.9 Å². The van der Waals surface area contributed by atoms with Crippen molar-refractivity contribution in [3.63, 3.8) is 0 Å². The first-order chi connectivity index (χ1) is 15.8. The summed E-state index contributed by atoms with van der Waals surface area (Å²) < 4.78 is 0. The van der Waals surface area contributed by atoms with E-state index in [-0.39, 0.29) is 0 Å². The van der Waals surface area contributed by atoms with Gasteiger partial charge in [0.25, 0.3) is 0 Å². The lowest BCUT2D eigenvalue weighted by atomic mass is 10.0. The molecule has 32 heavy (non-hydrogen) atoms. The third-order valence-electron chi connectivity index (χ3n) is 6.35. The summed E-state index contributed by atoms with van der Waals surface area (Å²) in [5.74, 6) is 0.599. The monoisotopic (exact) mass is 442 g/mol. The molecule has 0 unspecified atom stereocenters. The van der Waals surface area contributed by atoms with Crippen LogP contribution in [0.1, 0.15) is 141 Å². The Morgan fingerprint density at radius 2 is 0.625 bits per heavy atom. The second-order valence-corrected chi connectivity index (χ2v) is 9.52. The summed E-state index contributed by atoms with van der Waals surface area (Å²) >= 11 is 0. The molecule has 0 aromatic rings. The Labute approximate surface area is 199 Å². The summed E-state index contributed by atoms with van der Waals surface area (Å²) in [6.07, 6.45) is 37.9. The van der Waals surface area contributed by atoms with Crippen LogP contribution in [0.3, 0.4) is 0 Å². The maximum atomic E-state index is 11.9. The molecular formula is C30H50O2. The number of hydrogen-bond donors (Lipinski definition) is 0. The predicted molar refractivity (Wildman–Crippen MR) is 139 cm³/mol. The van der Waals surface area contributed by atoms with Crippen LogP contribution in [-0.4, -0.2) is 11.6 Å². The van der Waals surface area contributed by atoms with Crippen molar-refractivity contribution in [3.8, 4) is 0 Å². The molecule has 1 aliphatic carbocycles. The number of carbonyl (C=O) groups excluding carboxylic acids is 2. The zero-order chi connectivity index (χ0) is 23.0. The van der Waals surface area contributed by atoms with Crippen LogP contribution >= 0.6 is 0 Å². The molecule has 1 rings (SSSR count). The summed E-state index contributed by atoms with van der Waals surface area (Å²) in [5.41, 5.74) is 0. The van der Waals surface area contributed by atoms with Gasteiger partial charge in [-0.1, -0.05) is 88.5 Å². The zero-order valence-electron chi connectivity index (χ0n) is 20.8. The highest BCUT2D eigenvalue weighted by Gasteiger charge is 1.99. The Hall–Kier alpha value is -1.44. The topological polar surface area (TPSA) is 34.1 Å². The van der Waals surface area contributed by atoms with Crippen LogP contribution in [-0.2, 0) is 9.59 Å². The second kappa shape index (κ2) is 22.7. The van der Waals surface area contributed by atoms with Crippen molar-refractivity contribution in [2.75, 3.05) is 0 Å². The van der Waals surface area contributed by atoms with Crippen molar-refractivity contribution in [1.29, 1.82) is 0 Å². The maximum Gasteiger partial charge on any atom is 0.155 e. The SMILES string of the molecule is O=C1/C=C/CCCCCC/C=C/CCCCCC/C=C/C(=O)CCCCCCCCCC1. The van der Waals surface area contributed by atoms with Gasteiger partial charge in [-0.3, -0.25) is 9.59 Å². The van der Waals surface area contributed by atoms with Crippen molar-refractivity contribution in [2.24, 2.45) is 0 Å². The number of rotatable bonds is 0. The smallest absolute Gasteiger partial charge is 0.155 e. The Morgan fingerprint density at radius 3 is 1.00 bits per heavy atom. The lowest BCUT2D eigenvalue weighted by molar-refractivity contribution is -0.115. The van der Waals surface area contributed by atoms with Gasteiger partial charge in [0.05, 0.1) is 0 Å². The normalized spacial score (nSPS) is 24.9. The van der Waals surface area contributed by atoms with Crippen LogP contribution in [0, 0.1) is 0 Å². The Bertz CT molecular complexity index is 493. The third kappa shape index (κ3) is 20.5. The Kier molecular flexibility index (Phi) is 20.3. The highest BCUT2D eigenvalue weighted by Crippen LogP contribution is 2.12. The molecule has 0 radical (unpaired) electrons. The minimum absolute atomic E-state index is 0.300. The molecule has 0 atom stereocenters. The quantitative estimate of drug-likeness (QED) is 0.350. The average Bonchev–Trinajstić information content (AvgIpc) is 2.78. The minimum Gasteiger partial charge on any atom is -0.295 e.